The molecule has 10 rings (SSSR count). The number of nitrogens with zero attached hydrogens (tertiary/aromatic N) is 8. The summed E-state index contributed by atoms with van der Waals surface area (Å²) in [6.07, 6.45) is 4.12. The first-order valence-electron chi connectivity index (χ1n) is 27.6. The molecule has 84 heavy (non-hydrogen) atoms. The topological polar surface area (TPSA) is 245 Å². The van der Waals surface area contributed by atoms with E-state index in [1.807, 2.05) is 94.8 Å². The van der Waals surface area contributed by atoms with Crippen LogP contribution in [0.3, 0.4) is 0 Å². The minimum absolute atomic E-state index is 0.0445. The largest absolute Gasteiger partial charge is 0.497 e. The second kappa shape index (κ2) is 25.7. The van der Waals surface area contributed by atoms with Gasteiger partial charge in [-0.2, -0.15) is 10.2 Å². The molecular formula is C62H70N10O12. The second-order valence-corrected chi connectivity index (χ2v) is 22.1. The number of amides is 2. The lowest BCUT2D eigenvalue weighted by molar-refractivity contribution is 0.0283. The molecule has 0 radical (unpaired) electrons. The molecule has 2 aliphatic heterocycles. The highest BCUT2D eigenvalue weighted by atomic mass is 16.6. The standard InChI is InChI=1S/C32H37N5O6.C30H33N5O6/c1-6-41-30(38)22-9-13-25(14-10-22)42-26-15-17-33-29-27(26)28(35-37(29)19-21-7-11-24(40-5)12-8-21)34-23-16-18-36(20-23)31(39)43-32(2,3)4;1-30(2,3)41-29(38)34-16-14-21(18-34)32-26-25-24(40-23-11-7-20(8-12-23)28(36)37)13-15-31-27(25)35(33-26)17-19-5-9-22(39-4)10-6-19/h7-15,17,23H,6,16,18-20H2,1-5H3,(H,34,35);5-13,15,21H,14,16-18H2,1-4H3,(H,32,33)(H,36,37)/t23-;21-/m11/s1. The van der Waals surface area contributed by atoms with Crippen LogP contribution in [0, 0.1) is 0 Å². The maximum absolute atomic E-state index is 12.7. The summed E-state index contributed by atoms with van der Waals surface area (Å²) in [4.78, 5) is 61.3. The number of methoxy groups -OCH3 is 2. The number of hydrogen-bond acceptors (Lipinski definition) is 17. The zero-order valence-electron chi connectivity index (χ0n) is 48.6. The zero-order valence-corrected chi connectivity index (χ0v) is 48.6. The molecule has 8 aromatic rings. The second-order valence-electron chi connectivity index (χ2n) is 22.1. The number of esters is 1. The van der Waals surface area contributed by atoms with E-state index in [0.717, 1.165) is 35.5 Å². The van der Waals surface area contributed by atoms with Crippen molar-refractivity contribution in [3.63, 3.8) is 0 Å². The summed E-state index contributed by atoms with van der Waals surface area (Å²) in [6, 6.07) is 32.0. The number of carbonyl (C=O) groups is 4. The molecule has 2 aliphatic rings. The van der Waals surface area contributed by atoms with Crippen LogP contribution in [-0.4, -0.2) is 139 Å². The molecule has 440 valence electrons. The van der Waals surface area contributed by atoms with Gasteiger partial charge in [0.25, 0.3) is 0 Å². The Kier molecular flexibility index (Phi) is 18.0. The van der Waals surface area contributed by atoms with Gasteiger partial charge >= 0.3 is 24.1 Å². The lowest BCUT2D eigenvalue weighted by Gasteiger charge is -2.24. The van der Waals surface area contributed by atoms with Crippen molar-refractivity contribution in [1.82, 2.24) is 39.3 Å². The maximum atomic E-state index is 12.7. The smallest absolute Gasteiger partial charge is 0.410 e. The van der Waals surface area contributed by atoms with Gasteiger partial charge in [-0.3, -0.25) is 0 Å². The summed E-state index contributed by atoms with van der Waals surface area (Å²) < 4.78 is 43.0. The molecule has 0 saturated carbocycles. The van der Waals surface area contributed by atoms with Gasteiger partial charge in [0.05, 0.1) is 45.0 Å². The van der Waals surface area contributed by atoms with Crippen molar-refractivity contribution < 1.29 is 57.4 Å². The number of rotatable bonds is 17. The SMILES string of the molecule is CCOC(=O)c1ccc(Oc2ccnc3c2c(N[C@@H]2CCN(C(=O)OC(C)(C)C)C2)nn3Cc2ccc(OC)cc2)cc1.COc1ccc(Cn2nc(N[C@@H]3CCN(C(=O)OC(C)(C)C)C3)c3c(Oc4ccc(C(=O)O)cc4)ccnc32)cc1. The lowest BCUT2D eigenvalue weighted by Crippen LogP contribution is -2.36. The van der Waals surface area contributed by atoms with Crippen LogP contribution in [0.4, 0.5) is 21.2 Å². The molecule has 22 nitrogen and oxygen atoms in total. The van der Waals surface area contributed by atoms with Crippen LogP contribution in [0.1, 0.15) is 93.2 Å². The average Bonchev–Trinajstić information content (AvgIpc) is 2.37. The molecule has 2 amide bonds. The molecule has 0 spiro atoms. The number of aromatic nitrogens is 6. The normalized spacial score (nSPS) is 15.0. The van der Waals surface area contributed by atoms with Gasteiger partial charge in [0.15, 0.2) is 22.9 Å². The van der Waals surface area contributed by atoms with Gasteiger partial charge in [0.2, 0.25) is 0 Å². The highest BCUT2D eigenvalue weighted by molar-refractivity contribution is 5.95. The van der Waals surface area contributed by atoms with Crippen LogP contribution in [0.15, 0.2) is 122 Å². The number of carboxylic acids is 1. The molecule has 22 heteroatoms. The Labute approximate surface area is 486 Å². The Morgan fingerprint density at radius 1 is 0.560 bits per heavy atom. The van der Waals surface area contributed by atoms with E-state index in [9.17, 15) is 24.3 Å². The molecule has 0 unspecified atom stereocenters. The Bertz CT molecular complexity index is 3590. The van der Waals surface area contributed by atoms with Crippen LogP contribution < -0.4 is 29.6 Å². The molecule has 3 N–H and O–H groups in total. The maximum Gasteiger partial charge on any atom is 0.410 e. The molecule has 2 atom stereocenters. The molecule has 4 aromatic carbocycles. The van der Waals surface area contributed by atoms with E-state index >= 15 is 0 Å². The number of fused-ring (bicyclic) bond motifs is 2. The van der Waals surface area contributed by atoms with E-state index < -0.39 is 17.2 Å². The fourth-order valence-electron chi connectivity index (χ4n) is 9.46. The molecule has 0 bridgehead atoms. The number of hydrogen-bond donors (Lipinski definition) is 3. The van der Waals surface area contributed by atoms with Crippen LogP contribution in [0.5, 0.6) is 34.5 Å². The number of anilines is 2. The van der Waals surface area contributed by atoms with Crippen molar-refractivity contribution in [3.05, 3.63) is 144 Å². The predicted octanol–water partition coefficient (Wildman–Crippen LogP) is 11.3. The average molecular weight is 1150 g/mol. The summed E-state index contributed by atoms with van der Waals surface area (Å²) in [5.41, 5.74) is 2.77. The van der Waals surface area contributed by atoms with Crippen LogP contribution in [-0.2, 0) is 27.3 Å². The third kappa shape index (κ3) is 14.9. The Hall–Kier alpha value is -9.60. The fraction of sp³-hybridized carbons (Fsp3) is 0.355. The third-order valence-corrected chi connectivity index (χ3v) is 13.5. The fourth-order valence-corrected chi connectivity index (χ4v) is 9.46. The number of aromatic carboxylic acids is 1. The van der Waals surface area contributed by atoms with Crippen molar-refractivity contribution in [2.24, 2.45) is 0 Å². The minimum Gasteiger partial charge on any atom is -0.497 e. The molecule has 2 saturated heterocycles. The van der Waals surface area contributed by atoms with E-state index in [1.54, 1.807) is 96.5 Å². The Morgan fingerprint density at radius 3 is 1.32 bits per heavy atom. The number of nitrogens with one attached hydrogen (secondary N) is 2. The molecule has 4 aromatic heterocycles. The summed E-state index contributed by atoms with van der Waals surface area (Å²) >= 11 is 0. The zero-order chi connectivity index (χ0) is 59.7. The van der Waals surface area contributed by atoms with Crippen molar-refractivity contribution in [3.8, 4) is 34.5 Å². The lowest BCUT2D eigenvalue weighted by atomic mass is 10.2. The summed E-state index contributed by atoms with van der Waals surface area (Å²) in [5.74, 6) is 3.42. The molecular weight excluding hydrogens is 1080 g/mol. The highest BCUT2D eigenvalue weighted by Crippen LogP contribution is 2.38. The van der Waals surface area contributed by atoms with Crippen molar-refractivity contribution in [1.29, 1.82) is 0 Å². The van der Waals surface area contributed by atoms with Gasteiger partial charge < -0.3 is 58.7 Å². The van der Waals surface area contributed by atoms with E-state index in [2.05, 4.69) is 20.6 Å². The van der Waals surface area contributed by atoms with Gasteiger partial charge in [0.1, 0.15) is 56.5 Å². The van der Waals surface area contributed by atoms with Gasteiger partial charge in [-0.1, -0.05) is 24.3 Å². The predicted molar refractivity (Wildman–Crippen MR) is 315 cm³/mol. The van der Waals surface area contributed by atoms with E-state index in [1.165, 1.54) is 12.1 Å². The number of carbonyl (C=O) groups excluding carboxylic acids is 3. The van der Waals surface area contributed by atoms with Crippen molar-refractivity contribution in [2.45, 2.75) is 97.7 Å². The first-order valence-corrected chi connectivity index (χ1v) is 27.6. The molecule has 6 heterocycles. The Balaban J connectivity index is 0.000000202. The van der Waals surface area contributed by atoms with Crippen LogP contribution in [0.2, 0.25) is 0 Å². The minimum atomic E-state index is -1.01. The number of pyridine rings is 2. The summed E-state index contributed by atoms with van der Waals surface area (Å²) in [5, 5.41) is 27.5. The number of ether oxygens (including phenoxy) is 7. The third-order valence-electron chi connectivity index (χ3n) is 13.5. The van der Waals surface area contributed by atoms with Gasteiger partial charge in [-0.05, 0) is 145 Å². The first kappa shape index (κ1) is 59.0. The van der Waals surface area contributed by atoms with Crippen molar-refractivity contribution in [2.75, 3.05) is 57.6 Å². The van der Waals surface area contributed by atoms with Gasteiger partial charge in [-0.15, -0.1) is 0 Å². The van der Waals surface area contributed by atoms with E-state index in [4.69, 9.17) is 43.4 Å². The molecule has 2 fully saturated rings. The number of likely N-dealkylation sites (tertiary alicyclic amines) is 2. The van der Waals surface area contributed by atoms with Crippen molar-refractivity contribution >= 4 is 57.8 Å². The molecule has 0 aliphatic carbocycles. The number of carboxylic acid groups (broad SMARTS) is 1. The van der Waals surface area contributed by atoms with E-state index in [-0.39, 0.29) is 35.8 Å². The van der Waals surface area contributed by atoms with E-state index in [0.29, 0.717) is 108 Å². The quantitative estimate of drug-likeness (QED) is 0.0566. The summed E-state index contributed by atoms with van der Waals surface area (Å²) in [6.45, 7) is 16.2. The van der Waals surface area contributed by atoms with Crippen LogP contribution in [0.25, 0.3) is 22.1 Å². The van der Waals surface area contributed by atoms with Crippen LogP contribution >= 0.6 is 0 Å². The monoisotopic (exact) mass is 1150 g/mol. The first-order chi connectivity index (χ1) is 40.2. The van der Waals surface area contributed by atoms with Gasteiger partial charge in [-0.25, -0.2) is 38.5 Å². The Morgan fingerprint density at radius 2 is 0.952 bits per heavy atom. The number of benzene rings is 4. The van der Waals surface area contributed by atoms with Gasteiger partial charge in [0, 0.05) is 62.8 Å². The highest BCUT2D eigenvalue weighted by Gasteiger charge is 2.33. The summed E-state index contributed by atoms with van der Waals surface area (Å²) in [7, 11) is 3.26.